The largest absolute Gasteiger partial charge is 0.396 e. The molecule has 0 atom stereocenters. The minimum atomic E-state index is -0.0309. The van der Waals surface area contributed by atoms with Gasteiger partial charge in [-0.2, -0.15) is 0 Å². The van der Waals surface area contributed by atoms with Crippen molar-refractivity contribution in [2.75, 3.05) is 31.6 Å². The SMILES string of the molecule is O=C(NC12CC3CC(CC(C3)C1)C2)c1cc(NCCNCCCO)ccc1Cl. The molecule has 4 aliphatic carbocycles. The number of carbonyl (C=O) groups is 1. The van der Waals surface area contributed by atoms with Crippen LogP contribution in [0.25, 0.3) is 0 Å². The number of hydrogen-bond acceptors (Lipinski definition) is 4. The highest BCUT2D eigenvalue weighted by atomic mass is 35.5. The lowest BCUT2D eigenvalue weighted by Crippen LogP contribution is -2.59. The lowest BCUT2D eigenvalue weighted by Gasteiger charge is -2.56. The Balaban J connectivity index is 1.36. The van der Waals surface area contributed by atoms with Gasteiger partial charge in [0, 0.05) is 30.9 Å². The zero-order valence-corrected chi connectivity index (χ0v) is 17.2. The van der Waals surface area contributed by atoms with Crippen molar-refractivity contribution in [1.82, 2.24) is 10.6 Å². The normalized spacial score (nSPS) is 30.4. The molecule has 0 radical (unpaired) electrons. The van der Waals surface area contributed by atoms with Crippen LogP contribution in [-0.2, 0) is 0 Å². The minimum Gasteiger partial charge on any atom is -0.396 e. The summed E-state index contributed by atoms with van der Waals surface area (Å²) in [7, 11) is 0. The van der Waals surface area contributed by atoms with E-state index in [4.69, 9.17) is 16.7 Å². The predicted molar refractivity (Wildman–Crippen MR) is 113 cm³/mol. The smallest absolute Gasteiger partial charge is 0.253 e. The summed E-state index contributed by atoms with van der Waals surface area (Å²) in [4.78, 5) is 13.1. The van der Waals surface area contributed by atoms with Crippen molar-refractivity contribution in [1.29, 1.82) is 0 Å². The maximum absolute atomic E-state index is 13.1. The summed E-state index contributed by atoms with van der Waals surface area (Å²) in [6.45, 7) is 2.57. The van der Waals surface area contributed by atoms with Gasteiger partial charge in [-0.3, -0.25) is 4.79 Å². The number of hydrogen-bond donors (Lipinski definition) is 4. The van der Waals surface area contributed by atoms with Crippen LogP contribution in [0.15, 0.2) is 18.2 Å². The average molecular weight is 406 g/mol. The van der Waals surface area contributed by atoms with Gasteiger partial charge in [0.1, 0.15) is 0 Å². The molecule has 0 spiro atoms. The van der Waals surface area contributed by atoms with Crippen molar-refractivity contribution in [3.05, 3.63) is 28.8 Å². The summed E-state index contributed by atoms with van der Waals surface area (Å²) in [5, 5.41) is 19.3. The molecule has 28 heavy (non-hydrogen) atoms. The average Bonchev–Trinajstić information content (AvgIpc) is 2.64. The lowest BCUT2D eigenvalue weighted by molar-refractivity contribution is -0.0166. The highest BCUT2D eigenvalue weighted by Gasteiger charge is 2.51. The quantitative estimate of drug-likeness (QED) is 0.475. The summed E-state index contributed by atoms with van der Waals surface area (Å²) in [6, 6.07) is 5.58. The first-order valence-electron chi connectivity index (χ1n) is 10.7. The van der Waals surface area contributed by atoms with Gasteiger partial charge >= 0.3 is 0 Å². The van der Waals surface area contributed by atoms with Gasteiger partial charge in [0.15, 0.2) is 0 Å². The predicted octanol–water partition coefficient (Wildman–Crippen LogP) is 3.42. The molecule has 4 aliphatic rings. The zero-order valence-electron chi connectivity index (χ0n) is 16.5. The number of anilines is 1. The van der Waals surface area contributed by atoms with E-state index in [0.29, 0.717) is 10.6 Å². The molecule has 1 aromatic rings. The monoisotopic (exact) mass is 405 g/mol. The lowest BCUT2D eigenvalue weighted by atomic mass is 9.53. The molecule has 4 bridgehead atoms. The molecule has 4 saturated carbocycles. The molecule has 154 valence electrons. The first kappa shape index (κ1) is 20.0. The summed E-state index contributed by atoms with van der Waals surface area (Å²) < 4.78 is 0. The highest BCUT2D eigenvalue weighted by molar-refractivity contribution is 6.34. The zero-order chi connectivity index (χ0) is 19.6. The van der Waals surface area contributed by atoms with E-state index >= 15 is 0 Å². The van der Waals surface area contributed by atoms with Gasteiger partial charge < -0.3 is 21.1 Å². The topological polar surface area (TPSA) is 73.4 Å². The van der Waals surface area contributed by atoms with Gasteiger partial charge in [0.25, 0.3) is 5.91 Å². The molecule has 1 aromatic carbocycles. The molecule has 0 unspecified atom stereocenters. The first-order valence-corrected chi connectivity index (χ1v) is 11.1. The maximum Gasteiger partial charge on any atom is 0.253 e. The molecule has 0 aromatic heterocycles. The van der Waals surface area contributed by atoms with Crippen LogP contribution < -0.4 is 16.0 Å². The van der Waals surface area contributed by atoms with Crippen LogP contribution in [0, 0.1) is 17.8 Å². The summed E-state index contributed by atoms with van der Waals surface area (Å²) in [5.74, 6) is 2.37. The van der Waals surface area contributed by atoms with Crippen molar-refractivity contribution in [3.8, 4) is 0 Å². The Bertz CT molecular complexity index is 674. The summed E-state index contributed by atoms with van der Waals surface area (Å²) in [5.41, 5.74) is 1.47. The molecule has 4 N–H and O–H groups in total. The van der Waals surface area contributed by atoms with E-state index in [1.807, 2.05) is 12.1 Å². The molecular weight excluding hydrogens is 374 g/mol. The fraction of sp³-hybridized carbons (Fsp3) is 0.682. The van der Waals surface area contributed by atoms with Crippen LogP contribution in [0.2, 0.25) is 5.02 Å². The number of nitrogens with one attached hydrogen (secondary N) is 3. The van der Waals surface area contributed by atoms with E-state index < -0.39 is 0 Å². The number of carbonyl (C=O) groups excluding carboxylic acids is 1. The Hall–Kier alpha value is -1.30. The van der Waals surface area contributed by atoms with Crippen LogP contribution in [0.3, 0.4) is 0 Å². The molecule has 6 heteroatoms. The molecule has 0 saturated heterocycles. The Labute approximate surface area is 172 Å². The summed E-state index contributed by atoms with van der Waals surface area (Å²) >= 11 is 6.37. The van der Waals surface area contributed by atoms with Crippen LogP contribution in [0.1, 0.15) is 55.3 Å². The van der Waals surface area contributed by atoms with Gasteiger partial charge in [-0.1, -0.05) is 11.6 Å². The van der Waals surface area contributed by atoms with Gasteiger partial charge in [0.2, 0.25) is 0 Å². The number of rotatable bonds is 9. The molecule has 5 rings (SSSR count). The second kappa shape index (κ2) is 8.60. The molecule has 0 aliphatic heterocycles. The van der Waals surface area contributed by atoms with Crippen molar-refractivity contribution in [3.63, 3.8) is 0 Å². The number of benzene rings is 1. The molecule has 1 amide bonds. The summed E-state index contributed by atoms with van der Waals surface area (Å²) in [6.07, 6.45) is 8.26. The van der Waals surface area contributed by atoms with Gasteiger partial charge in [-0.05, 0) is 87.4 Å². The van der Waals surface area contributed by atoms with Crippen LogP contribution >= 0.6 is 11.6 Å². The van der Waals surface area contributed by atoms with E-state index in [9.17, 15) is 4.79 Å². The van der Waals surface area contributed by atoms with E-state index in [0.717, 1.165) is 68.8 Å². The Morgan fingerprint density at radius 1 is 1.07 bits per heavy atom. The Kier molecular flexibility index (Phi) is 6.14. The van der Waals surface area contributed by atoms with E-state index in [-0.39, 0.29) is 18.1 Å². The highest BCUT2D eigenvalue weighted by Crippen LogP contribution is 2.55. The van der Waals surface area contributed by atoms with E-state index in [1.165, 1.54) is 19.3 Å². The maximum atomic E-state index is 13.1. The van der Waals surface area contributed by atoms with Gasteiger partial charge in [0.05, 0.1) is 10.6 Å². The van der Waals surface area contributed by atoms with Crippen molar-refractivity contribution < 1.29 is 9.90 Å². The first-order chi connectivity index (χ1) is 13.6. The number of aliphatic hydroxyl groups excluding tert-OH is 1. The van der Waals surface area contributed by atoms with E-state index in [2.05, 4.69) is 16.0 Å². The van der Waals surface area contributed by atoms with Gasteiger partial charge in [-0.25, -0.2) is 0 Å². The Morgan fingerprint density at radius 3 is 2.39 bits per heavy atom. The molecule has 0 heterocycles. The van der Waals surface area contributed by atoms with Crippen molar-refractivity contribution >= 4 is 23.2 Å². The number of aliphatic hydroxyl groups is 1. The fourth-order valence-corrected chi connectivity index (χ4v) is 6.21. The number of amides is 1. The van der Waals surface area contributed by atoms with Crippen LogP contribution in [0.5, 0.6) is 0 Å². The molecule has 5 nitrogen and oxygen atoms in total. The minimum absolute atomic E-state index is 0.00474. The van der Waals surface area contributed by atoms with Gasteiger partial charge in [-0.15, -0.1) is 0 Å². The van der Waals surface area contributed by atoms with Crippen molar-refractivity contribution in [2.24, 2.45) is 17.8 Å². The second-order valence-electron chi connectivity index (χ2n) is 9.10. The van der Waals surface area contributed by atoms with Crippen molar-refractivity contribution in [2.45, 2.75) is 50.5 Å². The third kappa shape index (κ3) is 4.47. The fourth-order valence-electron chi connectivity index (χ4n) is 6.01. The van der Waals surface area contributed by atoms with Crippen LogP contribution in [0.4, 0.5) is 5.69 Å². The molecular formula is C22H32ClN3O2. The standard InChI is InChI=1S/C22H32ClN3O2/c23-20-3-2-18(25-6-5-24-4-1-7-27)11-19(20)21(28)26-22-12-15-8-16(13-22)10-17(9-15)14-22/h2-3,11,15-17,24-25,27H,1,4-10,12-14H2,(H,26,28). The van der Waals surface area contributed by atoms with E-state index in [1.54, 1.807) is 6.07 Å². The number of halogens is 1. The third-order valence-corrected chi connectivity index (χ3v) is 7.10. The molecule has 4 fully saturated rings. The van der Waals surface area contributed by atoms with Crippen LogP contribution in [-0.4, -0.2) is 42.8 Å². The second-order valence-corrected chi connectivity index (χ2v) is 9.51. The third-order valence-electron chi connectivity index (χ3n) is 6.77. The Morgan fingerprint density at radius 2 is 1.75 bits per heavy atom.